The summed E-state index contributed by atoms with van der Waals surface area (Å²) in [5.41, 5.74) is 3.44. The third kappa shape index (κ3) is 3.89. The number of aromatic nitrogens is 2. The fourth-order valence-electron chi connectivity index (χ4n) is 2.47. The highest BCUT2D eigenvalue weighted by Gasteiger charge is 2.16. The summed E-state index contributed by atoms with van der Waals surface area (Å²) in [5.74, 6) is 5.98. The molecule has 1 aliphatic carbocycles. The van der Waals surface area contributed by atoms with Crippen LogP contribution in [0.1, 0.15) is 48.3 Å². The van der Waals surface area contributed by atoms with Crippen molar-refractivity contribution in [1.29, 1.82) is 0 Å². The molecule has 6 heteroatoms. The number of nitrogens with one attached hydrogen (secondary N) is 2. The molecular weight excluding hydrogens is 242 g/mol. The van der Waals surface area contributed by atoms with Crippen molar-refractivity contribution in [2.24, 2.45) is 11.8 Å². The third-order valence-corrected chi connectivity index (χ3v) is 3.49. The number of anilines is 1. The lowest BCUT2D eigenvalue weighted by atomic mass is 9.89. The Labute approximate surface area is 113 Å². The number of amides is 1. The summed E-state index contributed by atoms with van der Waals surface area (Å²) in [4.78, 5) is 20.2. The van der Waals surface area contributed by atoms with Gasteiger partial charge in [0.2, 0.25) is 5.95 Å². The van der Waals surface area contributed by atoms with E-state index in [1.165, 1.54) is 32.1 Å². The van der Waals surface area contributed by atoms with E-state index in [9.17, 15) is 4.79 Å². The minimum atomic E-state index is -0.160. The predicted molar refractivity (Wildman–Crippen MR) is 73.5 cm³/mol. The number of nitrogens with zero attached hydrogens (tertiary/aromatic N) is 2. The average molecular weight is 263 g/mol. The molecule has 104 valence electrons. The van der Waals surface area contributed by atoms with Crippen LogP contribution in [0.25, 0.3) is 0 Å². The van der Waals surface area contributed by atoms with E-state index in [4.69, 9.17) is 5.84 Å². The van der Waals surface area contributed by atoms with Crippen LogP contribution in [0, 0.1) is 12.8 Å². The van der Waals surface area contributed by atoms with Crippen LogP contribution in [0.5, 0.6) is 0 Å². The standard InChI is InChI=1S/C13H21N5O/c1-9-7-11(17-13(16-9)18-14)12(19)15-8-10-5-3-2-4-6-10/h7,10H,2-6,8,14H2,1H3,(H,15,19)(H,16,17,18). The van der Waals surface area contributed by atoms with Crippen LogP contribution in [-0.4, -0.2) is 22.4 Å². The third-order valence-electron chi connectivity index (χ3n) is 3.49. The van der Waals surface area contributed by atoms with Gasteiger partial charge in [0.1, 0.15) is 5.69 Å². The first-order valence-corrected chi connectivity index (χ1v) is 6.79. The van der Waals surface area contributed by atoms with E-state index in [-0.39, 0.29) is 11.9 Å². The second-order valence-electron chi connectivity index (χ2n) is 5.08. The highest BCUT2D eigenvalue weighted by molar-refractivity contribution is 5.92. The van der Waals surface area contributed by atoms with E-state index < -0.39 is 0 Å². The Morgan fingerprint density at radius 1 is 1.37 bits per heavy atom. The lowest BCUT2D eigenvalue weighted by Crippen LogP contribution is -2.31. The number of hydrazine groups is 1. The molecule has 4 N–H and O–H groups in total. The smallest absolute Gasteiger partial charge is 0.270 e. The topological polar surface area (TPSA) is 92.9 Å². The Hall–Kier alpha value is -1.69. The highest BCUT2D eigenvalue weighted by atomic mass is 16.1. The quantitative estimate of drug-likeness (QED) is 0.563. The van der Waals surface area contributed by atoms with Crippen LogP contribution < -0.4 is 16.6 Å². The molecule has 6 nitrogen and oxygen atoms in total. The molecule has 1 aliphatic rings. The number of rotatable bonds is 4. The van der Waals surface area contributed by atoms with Gasteiger partial charge in [0.15, 0.2) is 0 Å². The lowest BCUT2D eigenvalue weighted by molar-refractivity contribution is 0.0938. The largest absolute Gasteiger partial charge is 0.350 e. The Morgan fingerprint density at radius 2 is 2.11 bits per heavy atom. The van der Waals surface area contributed by atoms with Crippen LogP contribution >= 0.6 is 0 Å². The molecule has 0 bridgehead atoms. The molecule has 1 fully saturated rings. The van der Waals surface area contributed by atoms with Crippen molar-refractivity contribution in [2.75, 3.05) is 12.0 Å². The van der Waals surface area contributed by atoms with Gasteiger partial charge in [-0.05, 0) is 31.7 Å². The maximum absolute atomic E-state index is 12.0. The van der Waals surface area contributed by atoms with Crippen LogP contribution in [-0.2, 0) is 0 Å². The van der Waals surface area contributed by atoms with Crippen molar-refractivity contribution >= 4 is 11.9 Å². The van der Waals surface area contributed by atoms with E-state index in [2.05, 4.69) is 20.7 Å². The molecule has 1 aromatic heterocycles. The highest BCUT2D eigenvalue weighted by Crippen LogP contribution is 2.22. The molecule has 19 heavy (non-hydrogen) atoms. The maximum Gasteiger partial charge on any atom is 0.270 e. The van der Waals surface area contributed by atoms with Gasteiger partial charge in [0, 0.05) is 12.2 Å². The molecule has 0 aliphatic heterocycles. The number of hydrogen-bond acceptors (Lipinski definition) is 5. The van der Waals surface area contributed by atoms with Gasteiger partial charge in [0.05, 0.1) is 0 Å². The Balaban J connectivity index is 1.93. The van der Waals surface area contributed by atoms with Gasteiger partial charge in [0.25, 0.3) is 5.91 Å². The molecule has 0 spiro atoms. The van der Waals surface area contributed by atoms with Gasteiger partial charge >= 0.3 is 0 Å². The summed E-state index contributed by atoms with van der Waals surface area (Å²) in [7, 11) is 0. The molecule has 0 radical (unpaired) electrons. The molecule has 1 saturated carbocycles. The van der Waals surface area contributed by atoms with Gasteiger partial charge in [-0.2, -0.15) is 0 Å². The normalized spacial score (nSPS) is 16.1. The summed E-state index contributed by atoms with van der Waals surface area (Å²) in [6.07, 6.45) is 6.28. The number of carbonyl (C=O) groups is 1. The Bertz CT molecular complexity index is 443. The first-order chi connectivity index (χ1) is 9.19. The van der Waals surface area contributed by atoms with Crippen molar-refractivity contribution in [3.05, 3.63) is 17.5 Å². The van der Waals surface area contributed by atoms with Crippen LogP contribution in [0.15, 0.2) is 6.07 Å². The van der Waals surface area contributed by atoms with Crippen LogP contribution in [0.3, 0.4) is 0 Å². The minimum Gasteiger partial charge on any atom is -0.350 e. The van der Waals surface area contributed by atoms with Crippen molar-refractivity contribution < 1.29 is 4.79 Å². The molecule has 2 rings (SSSR count). The molecular formula is C13H21N5O. The van der Waals surface area contributed by atoms with Gasteiger partial charge in [-0.3, -0.25) is 10.2 Å². The fraction of sp³-hybridized carbons (Fsp3) is 0.615. The zero-order valence-electron chi connectivity index (χ0n) is 11.3. The second-order valence-corrected chi connectivity index (χ2v) is 5.08. The monoisotopic (exact) mass is 263 g/mol. The summed E-state index contributed by atoms with van der Waals surface area (Å²) < 4.78 is 0. The lowest BCUT2D eigenvalue weighted by Gasteiger charge is -2.21. The summed E-state index contributed by atoms with van der Waals surface area (Å²) in [5, 5.41) is 2.95. The van der Waals surface area contributed by atoms with Gasteiger partial charge in [-0.1, -0.05) is 19.3 Å². The van der Waals surface area contributed by atoms with Crippen LogP contribution in [0.4, 0.5) is 5.95 Å². The number of nitrogens with two attached hydrogens (primary N) is 1. The first-order valence-electron chi connectivity index (χ1n) is 6.79. The van der Waals surface area contributed by atoms with Gasteiger partial charge in [-0.15, -0.1) is 0 Å². The van der Waals surface area contributed by atoms with Crippen molar-refractivity contribution in [1.82, 2.24) is 15.3 Å². The van der Waals surface area contributed by atoms with E-state index in [1.54, 1.807) is 13.0 Å². The second kappa shape index (κ2) is 6.47. The summed E-state index contributed by atoms with van der Waals surface area (Å²) >= 11 is 0. The van der Waals surface area contributed by atoms with Gasteiger partial charge in [-0.25, -0.2) is 15.8 Å². The van der Waals surface area contributed by atoms with Crippen LogP contribution in [0.2, 0.25) is 0 Å². The zero-order valence-corrected chi connectivity index (χ0v) is 11.3. The molecule has 0 aromatic carbocycles. The molecule has 1 heterocycles. The fourth-order valence-corrected chi connectivity index (χ4v) is 2.47. The minimum absolute atomic E-state index is 0.160. The number of nitrogen functional groups attached to an aromatic ring is 1. The summed E-state index contributed by atoms with van der Waals surface area (Å²) in [6.45, 7) is 2.54. The molecule has 0 saturated heterocycles. The number of hydrogen-bond donors (Lipinski definition) is 3. The molecule has 1 aromatic rings. The van der Waals surface area contributed by atoms with E-state index in [0.29, 0.717) is 17.3 Å². The zero-order chi connectivity index (χ0) is 13.7. The van der Waals surface area contributed by atoms with E-state index in [1.807, 2.05) is 0 Å². The van der Waals surface area contributed by atoms with Crippen molar-refractivity contribution in [3.63, 3.8) is 0 Å². The van der Waals surface area contributed by atoms with Gasteiger partial charge < -0.3 is 5.32 Å². The average Bonchev–Trinajstić information content (AvgIpc) is 2.45. The predicted octanol–water partition coefficient (Wildman–Crippen LogP) is 1.38. The SMILES string of the molecule is Cc1cc(C(=O)NCC2CCCCC2)nc(NN)n1. The first kappa shape index (κ1) is 13.7. The Morgan fingerprint density at radius 3 is 2.79 bits per heavy atom. The van der Waals surface area contributed by atoms with E-state index in [0.717, 1.165) is 6.54 Å². The summed E-state index contributed by atoms with van der Waals surface area (Å²) in [6, 6.07) is 1.66. The van der Waals surface area contributed by atoms with Crippen molar-refractivity contribution in [2.45, 2.75) is 39.0 Å². The maximum atomic E-state index is 12.0. The molecule has 1 amide bonds. The van der Waals surface area contributed by atoms with Crippen molar-refractivity contribution in [3.8, 4) is 0 Å². The molecule has 0 unspecified atom stereocenters. The van der Waals surface area contributed by atoms with E-state index >= 15 is 0 Å². The molecule has 0 atom stereocenters. The number of carbonyl (C=O) groups excluding carboxylic acids is 1. The Kier molecular flexibility index (Phi) is 4.68. The number of aryl methyl sites for hydroxylation is 1.